The van der Waals surface area contributed by atoms with Gasteiger partial charge in [-0.15, -0.1) is 11.6 Å². The Morgan fingerprint density at radius 3 is 2.17 bits per heavy atom. The van der Waals surface area contributed by atoms with Crippen molar-refractivity contribution in [2.45, 2.75) is 4.90 Å². The molecule has 1 aromatic rings. The van der Waals surface area contributed by atoms with Crippen LogP contribution in [0.25, 0.3) is 0 Å². The normalized spacial score (nSPS) is 11.5. The lowest BCUT2D eigenvalue weighted by Crippen LogP contribution is -2.01. The molecule has 66 valence electrons. The molecular formula is C7H6ClFO2S. The summed E-state index contributed by atoms with van der Waals surface area (Å²) < 4.78 is 34.5. The Hall–Kier alpha value is -0.610. The Morgan fingerprint density at radius 2 is 1.75 bits per heavy atom. The third-order valence-electron chi connectivity index (χ3n) is 1.32. The minimum absolute atomic E-state index is 0.0406. The van der Waals surface area contributed by atoms with E-state index in [1.807, 2.05) is 0 Å². The van der Waals surface area contributed by atoms with E-state index in [9.17, 15) is 12.8 Å². The summed E-state index contributed by atoms with van der Waals surface area (Å²) in [5.74, 6) is -0.469. The number of benzene rings is 1. The maximum absolute atomic E-state index is 12.4. The van der Waals surface area contributed by atoms with E-state index in [0.29, 0.717) is 0 Å². The summed E-state index contributed by atoms with van der Waals surface area (Å²) in [6.45, 7) is 0. The minimum atomic E-state index is -3.42. The molecule has 0 saturated carbocycles. The van der Waals surface area contributed by atoms with Crippen molar-refractivity contribution in [1.29, 1.82) is 0 Å². The fourth-order valence-corrected chi connectivity index (χ4v) is 1.76. The minimum Gasteiger partial charge on any atom is -0.222 e. The molecule has 12 heavy (non-hydrogen) atoms. The van der Waals surface area contributed by atoms with Gasteiger partial charge >= 0.3 is 0 Å². The topological polar surface area (TPSA) is 34.1 Å². The maximum atomic E-state index is 12.4. The number of hydrogen-bond donors (Lipinski definition) is 0. The van der Waals surface area contributed by atoms with Crippen LogP contribution in [-0.4, -0.2) is 13.6 Å². The molecule has 0 bridgehead atoms. The van der Waals surface area contributed by atoms with Crippen molar-refractivity contribution < 1.29 is 12.8 Å². The fraction of sp³-hybridized carbons (Fsp3) is 0.143. The predicted molar refractivity (Wildman–Crippen MR) is 44.3 cm³/mol. The van der Waals surface area contributed by atoms with E-state index in [0.717, 1.165) is 12.1 Å². The Kier molecular flexibility index (Phi) is 2.69. The third kappa shape index (κ3) is 1.95. The van der Waals surface area contributed by atoms with E-state index < -0.39 is 20.9 Å². The molecule has 1 rings (SSSR count). The van der Waals surface area contributed by atoms with Gasteiger partial charge in [0.25, 0.3) is 0 Å². The first-order valence-corrected chi connectivity index (χ1v) is 5.29. The average molecular weight is 209 g/mol. The first kappa shape index (κ1) is 9.48. The first-order chi connectivity index (χ1) is 5.56. The molecule has 0 saturated heterocycles. The van der Waals surface area contributed by atoms with Crippen LogP contribution in [-0.2, 0) is 9.84 Å². The van der Waals surface area contributed by atoms with Gasteiger partial charge in [0.2, 0.25) is 0 Å². The quantitative estimate of drug-likeness (QED) is 0.549. The number of hydrogen-bond acceptors (Lipinski definition) is 2. The van der Waals surface area contributed by atoms with Gasteiger partial charge in [0.1, 0.15) is 11.0 Å². The lowest BCUT2D eigenvalue weighted by molar-refractivity contribution is 0.599. The molecule has 0 amide bonds. The first-order valence-electron chi connectivity index (χ1n) is 3.10. The zero-order valence-corrected chi connectivity index (χ0v) is 7.57. The summed E-state index contributed by atoms with van der Waals surface area (Å²) >= 11 is 5.19. The lowest BCUT2D eigenvalue weighted by Gasteiger charge is -1.98. The SMILES string of the molecule is O=S(=O)(CCl)c1ccc(F)cc1. The third-order valence-corrected chi connectivity index (χ3v) is 3.46. The zero-order valence-electron chi connectivity index (χ0n) is 6.00. The van der Waals surface area contributed by atoms with Gasteiger partial charge in [0, 0.05) is 0 Å². The van der Waals surface area contributed by atoms with Gasteiger partial charge in [-0.1, -0.05) is 0 Å². The Morgan fingerprint density at radius 1 is 1.25 bits per heavy atom. The van der Waals surface area contributed by atoms with Crippen LogP contribution in [0, 0.1) is 5.82 Å². The van der Waals surface area contributed by atoms with Crippen molar-refractivity contribution in [3.63, 3.8) is 0 Å². The molecule has 0 atom stereocenters. The summed E-state index contributed by atoms with van der Waals surface area (Å²) in [5.41, 5.74) is 0. The Bertz CT molecular complexity index is 357. The monoisotopic (exact) mass is 208 g/mol. The van der Waals surface area contributed by atoms with Gasteiger partial charge in [-0.2, -0.15) is 0 Å². The highest BCUT2D eigenvalue weighted by atomic mass is 35.5. The fourth-order valence-electron chi connectivity index (χ4n) is 0.705. The van der Waals surface area contributed by atoms with E-state index >= 15 is 0 Å². The second-order valence-corrected chi connectivity index (χ2v) is 4.75. The number of sulfone groups is 1. The van der Waals surface area contributed by atoms with Crippen molar-refractivity contribution in [2.75, 3.05) is 5.21 Å². The van der Waals surface area contributed by atoms with Crippen molar-refractivity contribution in [2.24, 2.45) is 0 Å². The smallest absolute Gasteiger partial charge is 0.192 e. The summed E-state index contributed by atoms with van der Waals surface area (Å²) in [5, 5.41) is -0.487. The largest absolute Gasteiger partial charge is 0.222 e. The molecule has 1 aromatic carbocycles. The zero-order chi connectivity index (χ0) is 9.19. The summed E-state index contributed by atoms with van der Waals surface area (Å²) in [4.78, 5) is 0.0406. The molecule has 0 unspecified atom stereocenters. The molecule has 0 fully saturated rings. The molecule has 5 heteroatoms. The van der Waals surface area contributed by atoms with Gasteiger partial charge in [0.15, 0.2) is 9.84 Å². The Balaban J connectivity index is 3.14. The van der Waals surface area contributed by atoms with Crippen LogP contribution in [0.1, 0.15) is 0 Å². The number of alkyl halides is 1. The second kappa shape index (κ2) is 3.41. The van der Waals surface area contributed by atoms with Gasteiger partial charge in [-0.25, -0.2) is 12.8 Å². The highest BCUT2D eigenvalue weighted by Gasteiger charge is 2.11. The molecule has 0 aromatic heterocycles. The second-order valence-electron chi connectivity index (χ2n) is 2.18. The number of rotatable bonds is 2. The summed E-state index contributed by atoms with van der Waals surface area (Å²) in [6, 6.07) is 4.54. The molecule has 0 heterocycles. The summed E-state index contributed by atoms with van der Waals surface area (Å²) in [6.07, 6.45) is 0. The standard InChI is InChI=1S/C7H6ClFO2S/c8-5-12(10,11)7-3-1-6(9)2-4-7/h1-4H,5H2. The van der Waals surface area contributed by atoms with Crippen molar-refractivity contribution in [3.05, 3.63) is 30.1 Å². The molecule has 0 aliphatic rings. The van der Waals surface area contributed by atoms with Gasteiger partial charge in [-0.05, 0) is 24.3 Å². The van der Waals surface area contributed by atoms with Gasteiger partial charge in [-0.3, -0.25) is 0 Å². The van der Waals surface area contributed by atoms with Crippen LogP contribution < -0.4 is 0 Å². The van der Waals surface area contributed by atoms with Crippen molar-refractivity contribution >= 4 is 21.4 Å². The molecule has 0 radical (unpaired) electrons. The van der Waals surface area contributed by atoms with Crippen molar-refractivity contribution in [1.82, 2.24) is 0 Å². The molecular weight excluding hydrogens is 203 g/mol. The van der Waals surface area contributed by atoms with E-state index in [4.69, 9.17) is 11.6 Å². The van der Waals surface area contributed by atoms with Crippen molar-refractivity contribution in [3.8, 4) is 0 Å². The number of halogens is 2. The lowest BCUT2D eigenvalue weighted by atomic mass is 10.4. The van der Waals surface area contributed by atoms with Crippen LogP contribution in [0.5, 0.6) is 0 Å². The molecule has 0 aliphatic carbocycles. The van der Waals surface area contributed by atoms with E-state index in [1.165, 1.54) is 12.1 Å². The van der Waals surface area contributed by atoms with Crippen LogP contribution in [0.3, 0.4) is 0 Å². The van der Waals surface area contributed by atoms with Crippen LogP contribution in [0.15, 0.2) is 29.2 Å². The predicted octanol–water partition coefficient (Wildman–Crippen LogP) is 1.80. The van der Waals surface area contributed by atoms with E-state index in [1.54, 1.807) is 0 Å². The van der Waals surface area contributed by atoms with Crippen LogP contribution in [0.2, 0.25) is 0 Å². The van der Waals surface area contributed by atoms with Crippen LogP contribution in [0.4, 0.5) is 4.39 Å². The van der Waals surface area contributed by atoms with Crippen LogP contribution >= 0.6 is 11.6 Å². The van der Waals surface area contributed by atoms with E-state index in [2.05, 4.69) is 0 Å². The Labute approximate surface area is 74.9 Å². The molecule has 0 N–H and O–H groups in total. The van der Waals surface area contributed by atoms with Gasteiger partial charge < -0.3 is 0 Å². The average Bonchev–Trinajstić information content (AvgIpc) is 2.05. The molecule has 2 nitrogen and oxygen atoms in total. The van der Waals surface area contributed by atoms with Gasteiger partial charge in [0.05, 0.1) is 4.90 Å². The molecule has 0 aliphatic heterocycles. The van der Waals surface area contributed by atoms with E-state index in [-0.39, 0.29) is 4.90 Å². The molecule has 0 spiro atoms. The highest BCUT2D eigenvalue weighted by Crippen LogP contribution is 2.12. The summed E-state index contributed by atoms with van der Waals surface area (Å²) in [7, 11) is -3.42. The maximum Gasteiger partial charge on any atom is 0.192 e. The highest BCUT2D eigenvalue weighted by molar-refractivity contribution is 7.92.